The minimum Gasteiger partial charge on any atom is -0.462 e. The van der Waals surface area contributed by atoms with Crippen LogP contribution in [0, 0.1) is 0 Å². The second kappa shape index (κ2) is 6.58. The van der Waals surface area contributed by atoms with E-state index in [2.05, 4.69) is 21.2 Å². The van der Waals surface area contributed by atoms with Crippen LogP contribution in [0.25, 0.3) is 0 Å². The highest BCUT2D eigenvalue weighted by Gasteiger charge is 2.07. The molecule has 1 heterocycles. The van der Waals surface area contributed by atoms with Gasteiger partial charge in [-0.25, -0.2) is 4.79 Å². The second-order valence-corrected chi connectivity index (χ2v) is 5.33. The van der Waals surface area contributed by atoms with E-state index in [1.54, 1.807) is 50.5 Å². The molecule has 0 bridgehead atoms. The summed E-state index contributed by atoms with van der Waals surface area (Å²) in [6.07, 6.45) is 1.69. The molecule has 2 rings (SSSR count). The van der Waals surface area contributed by atoms with E-state index in [1.165, 1.54) is 4.57 Å². The zero-order valence-corrected chi connectivity index (χ0v) is 13.3. The summed E-state index contributed by atoms with van der Waals surface area (Å²) in [5, 5.41) is 3.04. The molecule has 0 aliphatic carbocycles. The first kappa shape index (κ1) is 15.3. The molecule has 0 saturated carbocycles. The third-order valence-electron chi connectivity index (χ3n) is 2.82. The van der Waals surface area contributed by atoms with Crippen LogP contribution in [-0.2, 0) is 11.8 Å². The van der Waals surface area contributed by atoms with Crippen LogP contribution in [0.2, 0.25) is 0 Å². The zero-order valence-electron chi connectivity index (χ0n) is 11.7. The number of anilines is 2. The van der Waals surface area contributed by atoms with Crippen LogP contribution in [0.1, 0.15) is 17.3 Å². The lowest BCUT2D eigenvalue weighted by atomic mass is 10.2. The molecule has 0 fully saturated rings. The highest BCUT2D eigenvalue weighted by atomic mass is 79.9. The number of nitrogens with one attached hydrogen (secondary N) is 1. The van der Waals surface area contributed by atoms with Crippen molar-refractivity contribution in [3.05, 3.63) is 56.9 Å². The Morgan fingerprint density at radius 3 is 2.62 bits per heavy atom. The molecule has 110 valence electrons. The number of halogens is 1. The zero-order chi connectivity index (χ0) is 15.4. The van der Waals surface area contributed by atoms with Gasteiger partial charge in [0.05, 0.1) is 12.2 Å². The first-order valence-electron chi connectivity index (χ1n) is 6.41. The van der Waals surface area contributed by atoms with E-state index in [0.29, 0.717) is 17.9 Å². The summed E-state index contributed by atoms with van der Waals surface area (Å²) in [6.45, 7) is 2.10. The number of carbonyl (C=O) groups excluding carboxylic acids is 1. The van der Waals surface area contributed by atoms with Crippen molar-refractivity contribution in [1.29, 1.82) is 0 Å². The maximum Gasteiger partial charge on any atom is 0.338 e. The van der Waals surface area contributed by atoms with Crippen LogP contribution >= 0.6 is 15.9 Å². The van der Waals surface area contributed by atoms with Crippen molar-refractivity contribution < 1.29 is 9.53 Å². The van der Waals surface area contributed by atoms with E-state index >= 15 is 0 Å². The smallest absolute Gasteiger partial charge is 0.338 e. The average Bonchev–Trinajstić information content (AvgIpc) is 2.45. The SMILES string of the molecule is CCOC(=O)c1ccc(Nc2cc(Br)cn(C)c2=O)cc1. The number of benzene rings is 1. The minimum atomic E-state index is -0.359. The molecule has 0 radical (unpaired) electrons. The topological polar surface area (TPSA) is 60.3 Å². The summed E-state index contributed by atoms with van der Waals surface area (Å²) in [6, 6.07) is 8.48. The summed E-state index contributed by atoms with van der Waals surface area (Å²) in [5.74, 6) is -0.359. The Morgan fingerprint density at radius 2 is 2.00 bits per heavy atom. The van der Waals surface area contributed by atoms with Crippen molar-refractivity contribution >= 4 is 33.3 Å². The van der Waals surface area contributed by atoms with Crippen LogP contribution in [-0.4, -0.2) is 17.1 Å². The molecule has 2 aromatic rings. The second-order valence-electron chi connectivity index (χ2n) is 4.41. The van der Waals surface area contributed by atoms with Gasteiger partial charge in [-0.3, -0.25) is 4.79 Å². The quantitative estimate of drug-likeness (QED) is 0.860. The predicted molar refractivity (Wildman–Crippen MR) is 85.1 cm³/mol. The van der Waals surface area contributed by atoms with E-state index in [-0.39, 0.29) is 11.5 Å². The van der Waals surface area contributed by atoms with Gasteiger partial charge in [0.1, 0.15) is 5.69 Å². The average molecular weight is 351 g/mol. The van der Waals surface area contributed by atoms with E-state index in [9.17, 15) is 9.59 Å². The summed E-state index contributed by atoms with van der Waals surface area (Å²) < 4.78 is 7.20. The standard InChI is InChI=1S/C15H15BrN2O3/c1-3-21-15(20)10-4-6-12(7-5-10)17-13-8-11(16)9-18(2)14(13)19/h4-9,17H,3H2,1-2H3. The fourth-order valence-electron chi connectivity index (χ4n) is 1.82. The number of rotatable bonds is 4. The van der Waals surface area contributed by atoms with E-state index in [0.717, 1.165) is 10.2 Å². The molecule has 0 aliphatic heterocycles. The first-order valence-corrected chi connectivity index (χ1v) is 7.21. The number of ether oxygens (including phenoxy) is 1. The predicted octanol–water partition coefficient (Wildman–Crippen LogP) is 3.07. The molecule has 0 atom stereocenters. The van der Waals surface area contributed by atoms with Crippen LogP contribution < -0.4 is 10.9 Å². The van der Waals surface area contributed by atoms with Crippen molar-refractivity contribution in [2.75, 3.05) is 11.9 Å². The number of hydrogen-bond donors (Lipinski definition) is 1. The molecule has 1 aromatic carbocycles. The molecule has 0 saturated heterocycles. The fraction of sp³-hybridized carbons (Fsp3) is 0.200. The lowest BCUT2D eigenvalue weighted by Crippen LogP contribution is -2.19. The van der Waals surface area contributed by atoms with Gasteiger partial charge >= 0.3 is 5.97 Å². The molecule has 0 spiro atoms. The van der Waals surface area contributed by atoms with Gasteiger partial charge in [-0.1, -0.05) is 0 Å². The van der Waals surface area contributed by atoms with E-state index < -0.39 is 0 Å². The van der Waals surface area contributed by atoms with E-state index in [4.69, 9.17) is 4.74 Å². The maximum atomic E-state index is 12.0. The lowest BCUT2D eigenvalue weighted by molar-refractivity contribution is 0.0526. The number of esters is 1. The minimum absolute atomic E-state index is 0.132. The number of nitrogens with zero attached hydrogens (tertiary/aromatic N) is 1. The molecule has 6 heteroatoms. The molecule has 0 unspecified atom stereocenters. The Kier molecular flexibility index (Phi) is 4.80. The third-order valence-corrected chi connectivity index (χ3v) is 3.26. The number of aromatic nitrogens is 1. The maximum absolute atomic E-state index is 12.0. The molecule has 1 aromatic heterocycles. The monoisotopic (exact) mass is 350 g/mol. The van der Waals surface area contributed by atoms with Crippen molar-refractivity contribution in [2.24, 2.45) is 7.05 Å². The Bertz CT molecular complexity index is 708. The first-order chi connectivity index (χ1) is 10.0. The van der Waals surface area contributed by atoms with E-state index in [1.807, 2.05) is 0 Å². The van der Waals surface area contributed by atoms with Crippen molar-refractivity contribution in [3.8, 4) is 0 Å². The normalized spacial score (nSPS) is 10.2. The molecular formula is C15H15BrN2O3. The van der Waals surface area contributed by atoms with Crippen molar-refractivity contribution in [3.63, 3.8) is 0 Å². The Morgan fingerprint density at radius 1 is 1.33 bits per heavy atom. The molecule has 0 amide bonds. The van der Waals surface area contributed by atoms with Gasteiger partial charge in [0.25, 0.3) is 5.56 Å². The molecular weight excluding hydrogens is 336 g/mol. The number of hydrogen-bond acceptors (Lipinski definition) is 4. The Balaban J connectivity index is 2.21. The molecule has 0 aliphatic rings. The summed E-state index contributed by atoms with van der Waals surface area (Å²) >= 11 is 3.35. The van der Waals surface area contributed by atoms with Gasteiger partial charge in [0.15, 0.2) is 0 Å². The van der Waals surface area contributed by atoms with Gasteiger partial charge in [-0.2, -0.15) is 0 Å². The number of pyridine rings is 1. The largest absolute Gasteiger partial charge is 0.462 e. The summed E-state index contributed by atoms with van der Waals surface area (Å²) in [7, 11) is 1.68. The highest BCUT2D eigenvalue weighted by Crippen LogP contribution is 2.18. The van der Waals surface area contributed by atoms with Gasteiger partial charge < -0.3 is 14.6 Å². The number of carbonyl (C=O) groups is 1. The third kappa shape index (κ3) is 3.72. The highest BCUT2D eigenvalue weighted by molar-refractivity contribution is 9.10. The van der Waals surface area contributed by atoms with Gasteiger partial charge in [0.2, 0.25) is 0 Å². The molecule has 5 nitrogen and oxygen atoms in total. The van der Waals surface area contributed by atoms with Crippen molar-refractivity contribution in [2.45, 2.75) is 6.92 Å². The van der Waals surface area contributed by atoms with Gasteiger partial charge in [0, 0.05) is 23.4 Å². The van der Waals surface area contributed by atoms with Crippen LogP contribution in [0.3, 0.4) is 0 Å². The summed E-state index contributed by atoms with van der Waals surface area (Å²) in [4.78, 5) is 23.5. The molecule has 1 N–H and O–H groups in total. The number of aryl methyl sites for hydroxylation is 1. The van der Waals surface area contributed by atoms with Crippen LogP contribution in [0.15, 0.2) is 45.8 Å². The molecule has 21 heavy (non-hydrogen) atoms. The van der Waals surface area contributed by atoms with Crippen molar-refractivity contribution in [1.82, 2.24) is 4.57 Å². The fourth-order valence-corrected chi connectivity index (χ4v) is 2.36. The van der Waals surface area contributed by atoms with Gasteiger partial charge in [-0.05, 0) is 53.2 Å². The Labute approximate surface area is 130 Å². The van der Waals surface area contributed by atoms with Crippen LogP contribution in [0.4, 0.5) is 11.4 Å². The van der Waals surface area contributed by atoms with Gasteiger partial charge in [-0.15, -0.1) is 0 Å². The Hall–Kier alpha value is -2.08. The van der Waals surface area contributed by atoms with Crippen LogP contribution in [0.5, 0.6) is 0 Å². The summed E-state index contributed by atoms with van der Waals surface area (Å²) in [5.41, 5.74) is 1.52. The lowest BCUT2D eigenvalue weighted by Gasteiger charge is -2.09.